The highest BCUT2D eigenvalue weighted by molar-refractivity contribution is 5.31. The van der Waals surface area contributed by atoms with Gasteiger partial charge in [-0.2, -0.15) is 0 Å². The molecule has 1 aromatic carbocycles. The Morgan fingerprint density at radius 1 is 1.39 bits per heavy atom. The summed E-state index contributed by atoms with van der Waals surface area (Å²) in [6, 6.07) is 8.28. The lowest BCUT2D eigenvalue weighted by Gasteiger charge is -2.10. The number of ether oxygens (including phenoxy) is 1. The van der Waals surface area contributed by atoms with E-state index in [0.29, 0.717) is 6.61 Å². The normalized spacial score (nSPS) is 12.2. The molecule has 1 heterocycles. The lowest BCUT2D eigenvalue weighted by Crippen LogP contribution is -2.06. The summed E-state index contributed by atoms with van der Waals surface area (Å²) in [6.07, 6.45) is 3.37. The molecule has 0 bridgehead atoms. The van der Waals surface area contributed by atoms with Crippen molar-refractivity contribution in [3.8, 4) is 5.75 Å². The van der Waals surface area contributed by atoms with Gasteiger partial charge in [0.25, 0.3) is 0 Å². The van der Waals surface area contributed by atoms with Crippen molar-refractivity contribution < 1.29 is 9.13 Å². The fourth-order valence-corrected chi connectivity index (χ4v) is 1.56. The smallest absolute Gasteiger partial charge is 0.165 e. The van der Waals surface area contributed by atoms with Gasteiger partial charge in [-0.15, -0.1) is 0 Å². The number of nitrogens with two attached hydrogens (primary N) is 1. The molecule has 0 radical (unpaired) electrons. The number of rotatable bonds is 4. The minimum Gasteiger partial charge on any atom is -0.486 e. The van der Waals surface area contributed by atoms with Crippen LogP contribution in [0, 0.1) is 5.82 Å². The third-order valence-electron chi connectivity index (χ3n) is 2.60. The molecule has 0 fully saturated rings. The van der Waals surface area contributed by atoms with Crippen LogP contribution in [0.1, 0.15) is 24.1 Å². The number of aromatic nitrogens is 1. The highest BCUT2D eigenvalue weighted by Gasteiger charge is 2.07. The highest BCUT2D eigenvalue weighted by Crippen LogP contribution is 2.21. The van der Waals surface area contributed by atoms with Crippen LogP contribution in [0.4, 0.5) is 4.39 Å². The second-order valence-electron chi connectivity index (χ2n) is 4.13. The van der Waals surface area contributed by atoms with Crippen molar-refractivity contribution in [3.63, 3.8) is 0 Å². The fourth-order valence-electron chi connectivity index (χ4n) is 1.56. The number of nitrogens with zero attached hydrogens (tertiary/aromatic N) is 1. The molecule has 0 saturated heterocycles. The first-order chi connectivity index (χ1) is 8.66. The molecule has 2 rings (SSSR count). The second-order valence-corrected chi connectivity index (χ2v) is 4.13. The molecule has 0 aliphatic rings. The lowest BCUT2D eigenvalue weighted by molar-refractivity contribution is 0.289. The zero-order valence-corrected chi connectivity index (χ0v) is 10.1. The molecular weight excluding hydrogens is 231 g/mol. The minimum atomic E-state index is -0.395. The van der Waals surface area contributed by atoms with Crippen LogP contribution in [0.3, 0.4) is 0 Å². The number of benzene rings is 1. The maximum absolute atomic E-state index is 13.7. The van der Waals surface area contributed by atoms with Crippen LogP contribution in [-0.2, 0) is 6.61 Å². The van der Waals surface area contributed by atoms with E-state index in [0.717, 1.165) is 11.1 Å². The van der Waals surface area contributed by atoms with Gasteiger partial charge in [0.05, 0.1) is 0 Å². The fraction of sp³-hybridized carbons (Fsp3) is 0.214. The molecular formula is C14H15FN2O. The van der Waals surface area contributed by atoms with E-state index in [9.17, 15) is 4.39 Å². The van der Waals surface area contributed by atoms with Gasteiger partial charge in [0, 0.05) is 24.0 Å². The van der Waals surface area contributed by atoms with E-state index in [-0.39, 0.29) is 11.8 Å². The number of halogens is 1. The highest BCUT2D eigenvalue weighted by atomic mass is 19.1. The summed E-state index contributed by atoms with van der Waals surface area (Å²) < 4.78 is 19.1. The minimum absolute atomic E-state index is 0.188. The average molecular weight is 246 g/mol. The molecule has 1 atom stereocenters. The van der Waals surface area contributed by atoms with E-state index < -0.39 is 5.82 Å². The van der Waals surface area contributed by atoms with E-state index >= 15 is 0 Å². The zero-order valence-electron chi connectivity index (χ0n) is 10.1. The Morgan fingerprint density at radius 3 is 2.83 bits per heavy atom. The summed E-state index contributed by atoms with van der Waals surface area (Å²) in [5.74, 6) is -0.169. The summed E-state index contributed by atoms with van der Waals surface area (Å²) in [7, 11) is 0. The van der Waals surface area contributed by atoms with Crippen LogP contribution in [0.5, 0.6) is 5.75 Å². The predicted molar refractivity (Wildman–Crippen MR) is 67.6 cm³/mol. The molecule has 0 spiro atoms. The molecule has 4 heteroatoms. The first-order valence-corrected chi connectivity index (χ1v) is 5.73. The standard InChI is InChI=1S/C14H15FN2O/c1-10(16)12-4-5-14(13(15)7-12)18-9-11-3-2-6-17-8-11/h2-8,10H,9,16H2,1H3/t10-/m0/s1. The van der Waals surface area contributed by atoms with Crippen LogP contribution < -0.4 is 10.5 Å². The van der Waals surface area contributed by atoms with Crippen LogP contribution in [0.25, 0.3) is 0 Å². The van der Waals surface area contributed by atoms with E-state index in [2.05, 4.69) is 4.98 Å². The topological polar surface area (TPSA) is 48.1 Å². The first kappa shape index (κ1) is 12.5. The summed E-state index contributed by atoms with van der Waals surface area (Å²) in [5, 5.41) is 0. The van der Waals surface area contributed by atoms with Crippen LogP contribution >= 0.6 is 0 Å². The Morgan fingerprint density at radius 2 is 2.22 bits per heavy atom. The number of pyridine rings is 1. The van der Waals surface area contributed by atoms with Crippen molar-refractivity contribution in [1.82, 2.24) is 4.98 Å². The van der Waals surface area contributed by atoms with Crippen LogP contribution in [0.15, 0.2) is 42.7 Å². The predicted octanol–water partition coefficient (Wildman–Crippen LogP) is 2.82. The van der Waals surface area contributed by atoms with E-state index in [1.807, 2.05) is 19.1 Å². The van der Waals surface area contributed by atoms with E-state index in [1.54, 1.807) is 24.5 Å². The van der Waals surface area contributed by atoms with Crippen molar-refractivity contribution in [3.05, 3.63) is 59.7 Å². The molecule has 3 nitrogen and oxygen atoms in total. The summed E-state index contributed by atoms with van der Waals surface area (Å²) >= 11 is 0. The molecule has 0 aliphatic heterocycles. The van der Waals surface area contributed by atoms with Gasteiger partial charge in [0.2, 0.25) is 0 Å². The van der Waals surface area contributed by atoms with Gasteiger partial charge < -0.3 is 10.5 Å². The molecule has 2 N–H and O–H groups in total. The lowest BCUT2D eigenvalue weighted by atomic mass is 10.1. The average Bonchev–Trinajstić information content (AvgIpc) is 2.38. The van der Waals surface area contributed by atoms with Gasteiger partial charge in [0.1, 0.15) is 6.61 Å². The van der Waals surface area contributed by atoms with Crippen LogP contribution in [-0.4, -0.2) is 4.98 Å². The maximum Gasteiger partial charge on any atom is 0.165 e. The van der Waals surface area contributed by atoms with Gasteiger partial charge >= 0.3 is 0 Å². The SMILES string of the molecule is C[C@H](N)c1ccc(OCc2cccnc2)c(F)c1. The van der Waals surface area contributed by atoms with Gasteiger partial charge in [-0.05, 0) is 30.7 Å². The Kier molecular flexibility index (Phi) is 3.89. The Bertz CT molecular complexity index is 514. The Hall–Kier alpha value is -1.94. The largest absolute Gasteiger partial charge is 0.486 e. The molecule has 2 aromatic rings. The van der Waals surface area contributed by atoms with E-state index in [4.69, 9.17) is 10.5 Å². The maximum atomic E-state index is 13.7. The van der Waals surface area contributed by atoms with Crippen molar-refractivity contribution >= 4 is 0 Å². The monoisotopic (exact) mass is 246 g/mol. The first-order valence-electron chi connectivity index (χ1n) is 5.73. The van der Waals surface area contributed by atoms with Gasteiger partial charge in [-0.25, -0.2) is 4.39 Å². The van der Waals surface area contributed by atoms with Crippen LogP contribution in [0.2, 0.25) is 0 Å². The zero-order chi connectivity index (χ0) is 13.0. The summed E-state index contributed by atoms with van der Waals surface area (Å²) in [4.78, 5) is 3.97. The van der Waals surface area contributed by atoms with Crippen molar-refractivity contribution in [2.45, 2.75) is 19.6 Å². The molecule has 0 saturated carbocycles. The number of hydrogen-bond acceptors (Lipinski definition) is 3. The van der Waals surface area contributed by atoms with Gasteiger partial charge in [0.15, 0.2) is 11.6 Å². The third kappa shape index (κ3) is 3.05. The van der Waals surface area contributed by atoms with Crippen molar-refractivity contribution in [1.29, 1.82) is 0 Å². The van der Waals surface area contributed by atoms with Crippen molar-refractivity contribution in [2.75, 3.05) is 0 Å². The van der Waals surface area contributed by atoms with Gasteiger partial charge in [-0.3, -0.25) is 4.98 Å². The molecule has 0 aliphatic carbocycles. The third-order valence-corrected chi connectivity index (χ3v) is 2.60. The second kappa shape index (κ2) is 5.60. The van der Waals surface area contributed by atoms with E-state index in [1.165, 1.54) is 6.07 Å². The Balaban J connectivity index is 2.06. The molecule has 0 amide bonds. The Labute approximate surface area is 105 Å². The molecule has 0 unspecified atom stereocenters. The van der Waals surface area contributed by atoms with Crippen molar-refractivity contribution in [2.24, 2.45) is 5.73 Å². The number of hydrogen-bond donors (Lipinski definition) is 1. The quantitative estimate of drug-likeness (QED) is 0.902. The molecule has 94 valence electrons. The molecule has 1 aromatic heterocycles. The summed E-state index contributed by atoms with van der Waals surface area (Å²) in [6.45, 7) is 2.10. The van der Waals surface area contributed by atoms with Gasteiger partial charge in [-0.1, -0.05) is 12.1 Å². The summed E-state index contributed by atoms with van der Waals surface area (Å²) in [5.41, 5.74) is 7.33. The molecule has 18 heavy (non-hydrogen) atoms.